The first-order valence-electron chi connectivity index (χ1n) is 9.45. The molecule has 0 spiro atoms. The summed E-state index contributed by atoms with van der Waals surface area (Å²) in [7, 11) is 1.72. The van der Waals surface area contributed by atoms with Crippen LogP contribution in [0.25, 0.3) is 20.7 Å². The van der Waals surface area contributed by atoms with Gasteiger partial charge in [-0.05, 0) is 24.8 Å². The molecule has 0 aromatic carbocycles. The average molecular weight is 436 g/mol. The highest BCUT2D eigenvalue weighted by Crippen LogP contribution is 2.34. The number of amides is 1. The van der Waals surface area contributed by atoms with Gasteiger partial charge in [-0.2, -0.15) is 0 Å². The van der Waals surface area contributed by atoms with Gasteiger partial charge in [-0.1, -0.05) is 44.0 Å². The van der Waals surface area contributed by atoms with Crippen LogP contribution in [0.1, 0.15) is 39.5 Å². The monoisotopic (exact) mass is 435 g/mol. The van der Waals surface area contributed by atoms with Crippen LogP contribution in [0.2, 0.25) is 0 Å². The summed E-state index contributed by atoms with van der Waals surface area (Å²) in [5, 5.41) is 8.26. The molecule has 0 aliphatic heterocycles. The summed E-state index contributed by atoms with van der Waals surface area (Å²) in [5.41, 5.74) is 0.879. The molecule has 8 heteroatoms. The number of thioether (sulfide) groups is 1. The third-order valence-corrected chi connectivity index (χ3v) is 7.35. The van der Waals surface area contributed by atoms with Gasteiger partial charge < -0.3 is 5.32 Å². The van der Waals surface area contributed by atoms with Gasteiger partial charge in [0.2, 0.25) is 5.91 Å². The first-order valence-corrected chi connectivity index (χ1v) is 12.2. The normalized spacial score (nSPS) is 12.4. The molecule has 3 heterocycles. The fraction of sp³-hybridized carbons (Fsp3) is 0.450. The highest BCUT2D eigenvalue weighted by molar-refractivity contribution is 7.99. The Labute approximate surface area is 177 Å². The molecule has 1 N–H and O–H groups in total. The van der Waals surface area contributed by atoms with Crippen molar-refractivity contribution < 1.29 is 4.79 Å². The van der Waals surface area contributed by atoms with Crippen LogP contribution in [-0.4, -0.2) is 27.3 Å². The maximum Gasteiger partial charge on any atom is 0.263 e. The van der Waals surface area contributed by atoms with Crippen molar-refractivity contribution in [2.24, 2.45) is 7.05 Å². The lowest BCUT2D eigenvalue weighted by molar-refractivity contribution is -0.119. The number of rotatable bonds is 9. The molecule has 3 aromatic heterocycles. The first kappa shape index (κ1) is 21.1. The number of carbonyl (C=O) groups is 1. The van der Waals surface area contributed by atoms with E-state index in [4.69, 9.17) is 0 Å². The van der Waals surface area contributed by atoms with Gasteiger partial charge in [0.15, 0.2) is 5.16 Å². The molecule has 0 aliphatic rings. The highest BCUT2D eigenvalue weighted by atomic mass is 32.2. The zero-order valence-corrected chi connectivity index (χ0v) is 18.8. The predicted molar refractivity (Wildman–Crippen MR) is 121 cm³/mol. The Hall–Kier alpha value is -1.64. The smallest absolute Gasteiger partial charge is 0.263 e. The van der Waals surface area contributed by atoms with Crippen molar-refractivity contribution in [3.05, 3.63) is 33.2 Å². The Morgan fingerprint density at radius 2 is 2.18 bits per heavy atom. The maximum atomic E-state index is 12.9. The number of hydrogen-bond acceptors (Lipinski definition) is 6. The summed E-state index contributed by atoms with van der Waals surface area (Å²) in [6, 6.07) is 4.16. The minimum absolute atomic E-state index is 0.0196. The summed E-state index contributed by atoms with van der Waals surface area (Å²) >= 11 is 4.40. The van der Waals surface area contributed by atoms with Crippen LogP contribution < -0.4 is 10.9 Å². The van der Waals surface area contributed by atoms with Crippen LogP contribution in [0, 0.1) is 0 Å². The van der Waals surface area contributed by atoms with E-state index >= 15 is 0 Å². The van der Waals surface area contributed by atoms with E-state index in [1.54, 1.807) is 23.0 Å². The van der Waals surface area contributed by atoms with Gasteiger partial charge in [-0.15, -0.1) is 22.7 Å². The van der Waals surface area contributed by atoms with Crippen LogP contribution in [0.5, 0.6) is 0 Å². The molecule has 0 radical (unpaired) electrons. The second-order valence-electron chi connectivity index (χ2n) is 6.82. The number of hydrogen-bond donors (Lipinski definition) is 1. The molecular weight excluding hydrogens is 410 g/mol. The molecule has 0 saturated heterocycles. The summed E-state index contributed by atoms with van der Waals surface area (Å²) < 4.78 is 1.55. The Bertz CT molecular complexity index is 992. The Morgan fingerprint density at radius 1 is 1.36 bits per heavy atom. The van der Waals surface area contributed by atoms with Gasteiger partial charge >= 0.3 is 0 Å². The van der Waals surface area contributed by atoms with E-state index in [9.17, 15) is 9.59 Å². The molecule has 5 nitrogen and oxygen atoms in total. The molecule has 28 heavy (non-hydrogen) atoms. The number of thiophene rings is 2. The zero-order valence-electron chi connectivity index (χ0n) is 16.4. The fourth-order valence-electron chi connectivity index (χ4n) is 3.01. The average Bonchev–Trinajstić information content (AvgIpc) is 3.33. The molecular formula is C20H25N3O2S3. The van der Waals surface area contributed by atoms with Crippen molar-refractivity contribution >= 4 is 50.6 Å². The van der Waals surface area contributed by atoms with Gasteiger partial charge in [0.25, 0.3) is 5.56 Å². The molecule has 3 rings (SSSR count). The number of nitrogens with one attached hydrogen (secondary N) is 1. The van der Waals surface area contributed by atoms with Crippen LogP contribution in [0.15, 0.2) is 32.8 Å². The molecule has 0 bridgehead atoms. The largest absolute Gasteiger partial charge is 0.353 e. The van der Waals surface area contributed by atoms with Gasteiger partial charge in [-0.3, -0.25) is 14.2 Å². The molecule has 0 aliphatic carbocycles. The molecule has 1 atom stereocenters. The Kier molecular flexibility index (Phi) is 7.31. The Morgan fingerprint density at radius 3 is 2.89 bits per heavy atom. The lowest BCUT2D eigenvalue weighted by Crippen LogP contribution is -2.34. The standard InChI is InChI=1S/C20H25N3O2S3/c1-4-5-6-8-13(2)21-16(24)12-28-20-22-18-17(19(25)23(20)3)14(11-27-18)15-9-7-10-26-15/h7,9-11,13H,4-6,8,12H2,1-3H3,(H,21,24). The number of fused-ring (bicyclic) bond motifs is 1. The minimum Gasteiger partial charge on any atom is -0.353 e. The van der Waals surface area contributed by atoms with Crippen molar-refractivity contribution in [1.82, 2.24) is 14.9 Å². The highest BCUT2D eigenvalue weighted by Gasteiger charge is 2.17. The van der Waals surface area contributed by atoms with E-state index in [1.165, 1.54) is 35.9 Å². The quantitative estimate of drug-likeness (QED) is 0.295. The summed E-state index contributed by atoms with van der Waals surface area (Å²) in [5.74, 6) is 0.237. The van der Waals surface area contributed by atoms with E-state index in [0.717, 1.165) is 28.1 Å². The van der Waals surface area contributed by atoms with Crippen LogP contribution >= 0.6 is 34.4 Å². The van der Waals surface area contributed by atoms with E-state index in [-0.39, 0.29) is 23.3 Å². The lowest BCUT2D eigenvalue weighted by atomic mass is 10.1. The second-order valence-corrected chi connectivity index (χ2v) is 9.57. The van der Waals surface area contributed by atoms with Crippen LogP contribution in [0.4, 0.5) is 0 Å². The third-order valence-electron chi connectivity index (χ3n) is 4.54. The summed E-state index contributed by atoms with van der Waals surface area (Å²) in [4.78, 5) is 31.6. The summed E-state index contributed by atoms with van der Waals surface area (Å²) in [6.45, 7) is 4.21. The minimum atomic E-state index is -0.0644. The molecule has 0 fully saturated rings. The topological polar surface area (TPSA) is 64.0 Å². The lowest BCUT2D eigenvalue weighted by Gasteiger charge is -2.13. The van der Waals surface area contributed by atoms with E-state index in [2.05, 4.69) is 17.2 Å². The van der Waals surface area contributed by atoms with Crippen LogP contribution in [-0.2, 0) is 11.8 Å². The van der Waals surface area contributed by atoms with E-state index in [0.29, 0.717) is 10.5 Å². The molecule has 150 valence electrons. The van der Waals surface area contributed by atoms with E-state index < -0.39 is 0 Å². The molecule has 1 unspecified atom stereocenters. The van der Waals surface area contributed by atoms with Crippen molar-refractivity contribution in [2.75, 3.05) is 5.75 Å². The van der Waals surface area contributed by atoms with Crippen molar-refractivity contribution in [2.45, 2.75) is 50.7 Å². The second kappa shape index (κ2) is 9.71. The number of carbonyl (C=O) groups excluding carboxylic acids is 1. The van der Waals surface area contributed by atoms with Crippen molar-refractivity contribution in [1.29, 1.82) is 0 Å². The number of unbranched alkanes of at least 4 members (excludes halogenated alkanes) is 2. The van der Waals surface area contributed by atoms with Gasteiger partial charge in [0.1, 0.15) is 4.83 Å². The summed E-state index contributed by atoms with van der Waals surface area (Å²) in [6.07, 6.45) is 4.49. The first-order chi connectivity index (χ1) is 13.5. The third kappa shape index (κ3) is 4.85. The molecule has 1 amide bonds. The number of aromatic nitrogens is 2. The van der Waals surface area contributed by atoms with Crippen molar-refractivity contribution in [3.63, 3.8) is 0 Å². The zero-order chi connectivity index (χ0) is 20.1. The van der Waals surface area contributed by atoms with Crippen LogP contribution in [0.3, 0.4) is 0 Å². The molecule has 0 saturated carbocycles. The van der Waals surface area contributed by atoms with Gasteiger partial charge in [-0.25, -0.2) is 4.98 Å². The van der Waals surface area contributed by atoms with Gasteiger partial charge in [0.05, 0.1) is 11.1 Å². The maximum absolute atomic E-state index is 12.9. The molecule has 3 aromatic rings. The number of nitrogens with zero attached hydrogens (tertiary/aromatic N) is 2. The van der Waals surface area contributed by atoms with E-state index in [1.807, 2.05) is 29.8 Å². The van der Waals surface area contributed by atoms with Crippen molar-refractivity contribution in [3.8, 4) is 10.4 Å². The SMILES string of the molecule is CCCCCC(C)NC(=O)CSc1nc2scc(-c3cccs3)c2c(=O)n1C. The fourth-order valence-corrected chi connectivity index (χ4v) is 5.60. The van der Waals surface area contributed by atoms with Gasteiger partial charge in [0, 0.05) is 28.9 Å². The predicted octanol–water partition coefficient (Wildman–Crippen LogP) is 4.90. The Balaban J connectivity index is 1.70.